The van der Waals surface area contributed by atoms with Crippen molar-refractivity contribution < 1.29 is 24.5 Å². The first kappa shape index (κ1) is 18.7. The Bertz CT molecular complexity index is 756. The maximum absolute atomic E-state index is 10.7. The number of ether oxygens (including phenoxy) is 1. The van der Waals surface area contributed by atoms with E-state index in [1.165, 1.54) is 12.1 Å². The highest BCUT2D eigenvalue weighted by Crippen LogP contribution is 2.24. The van der Waals surface area contributed by atoms with Gasteiger partial charge in [0.15, 0.2) is 0 Å². The molecule has 1 aliphatic rings. The molecule has 1 amide bonds. The lowest BCUT2D eigenvalue weighted by Gasteiger charge is -2.30. The normalized spacial score (nSPS) is 15.9. The zero-order valence-corrected chi connectivity index (χ0v) is 14.0. The summed E-state index contributed by atoms with van der Waals surface area (Å²) in [6.07, 6.45) is 0. The van der Waals surface area contributed by atoms with Crippen molar-refractivity contribution in [3.63, 3.8) is 0 Å². The number of nitrogens with two attached hydrogens (primary N) is 1. The van der Waals surface area contributed by atoms with Crippen LogP contribution in [0.1, 0.15) is 17.3 Å². The Balaban J connectivity index is 0.000000186. The second kappa shape index (κ2) is 8.46. The van der Waals surface area contributed by atoms with Crippen LogP contribution in [0, 0.1) is 0 Å². The summed E-state index contributed by atoms with van der Waals surface area (Å²) in [4.78, 5) is 23.5. The molecule has 3 rings (SSSR count). The van der Waals surface area contributed by atoms with Crippen LogP contribution in [0.5, 0.6) is 5.75 Å². The van der Waals surface area contributed by atoms with Gasteiger partial charge in [-0.3, -0.25) is 9.69 Å². The second-order valence-electron chi connectivity index (χ2n) is 5.75. The van der Waals surface area contributed by atoms with E-state index in [-0.39, 0.29) is 23.3 Å². The molecule has 1 saturated heterocycles. The molecule has 25 heavy (non-hydrogen) atoms. The number of fused-ring (bicyclic) bond motifs is 1. The fraction of sp³-hybridized carbons (Fsp3) is 0.333. The number of nitrogens with zero attached hydrogens (tertiary/aromatic N) is 1. The molecule has 7 nitrogen and oxygen atoms in total. The number of morpholine rings is 1. The topological polar surface area (TPSA) is 113 Å². The van der Waals surface area contributed by atoms with Crippen LogP contribution in [0.4, 0.5) is 0 Å². The molecule has 1 atom stereocenters. The molecule has 0 aliphatic carbocycles. The molecule has 2 aromatic rings. The predicted molar refractivity (Wildman–Crippen MR) is 93.6 cm³/mol. The Labute approximate surface area is 145 Å². The summed E-state index contributed by atoms with van der Waals surface area (Å²) < 4.78 is 5.14. The summed E-state index contributed by atoms with van der Waals surface area (Å²) in [5.74, 6) is -1.57. The Morgan fingerprint density at radius 3 is 2.24 bits per heavy atom. The lowest BCUT2D eigenvalue weighted by atomic mass is 10.1. The molecule has 1 fully saturated rings. The first-order chi connectivity index (χ1) is 11.9. The number of rotatable bonds is 3. The number of aromatic hydroxyl groups is 1. The van der Waals surface area contributed by atoms with Crippen LogP contribution < -0.4 is 5.73 Å². The average Bonchev–Trinajstić information content (AvgIpc) is 2.61. The quantitative estimate of drug-likeness (QED) is 0.775. The molecule has 1 unspecified atom stereocenters. The van der Waals surface area contributed by atoms with Crippen LogP contribution >= 0.6 is 0 Å². The highest BCUT2D eigenvalue weighted by molar-refractivity contribution is 5.97. The third kappa shape index (κ3) is 4.91. The molecule has 7 heteroatoms. The number of benzene rings is 2. The summed E-state index contributed by atoms with van der Waals surface area (Å²) in [7, 11) is 0. The molecule has 2 aromatic carbocycles. The number of amides is 1. The van der Waals surface area contributed by atoms with Crippen LogP contribution in [0.2, 0.25) is 0 Å². The molecule has 134 valence electrons. The van der Waals surface area contributed by atoms with Gasteiger partial charge in [0.05, 0.1) is 19.3 Å². The standard InChI is InChI=1S/C11H8O3.C7H14N2O2/c12-10-6-8-4-2-1-3-7(8)5-9(10)11(13)14;1-6(7(8)10)9-2-4-11-5-3-9/h1-6,12H,(H,13,14);6H,2-5H2,1H3,(H2,8,10). The highest BCUT2D eigenvalue weighted by atomic mass is 16.5. The summed E-state index contributed by atoms with van der Waals surface area (Å²) in [5.41, 5.74) is 5.08. The summed E-state index contributed by atoms with van der Waals surface area (Å²) >= 11 is 0. The van der Waals surface area contributed by atoms with E-state index in [1.807, 2.05) is 30.0 Å². The first-order valence-corrected chi connectivity index (χ1v) is 7.96. The van der Waals surface area contributed by atoms with Crippen LogP contribution in [0.25, 0.3) is 10.8 Å². The number of carbonyl (C=O) groups excluding carboxylic acids is 1. The number of hydrogen-bond donors (Lipinski definition) is 3. The fourth-order valence-corrected chi connectivity index (χ4v) is 2.54. The van der Waals surface area contributed by atoms with Gasteiger partial charge in [-0.15, -0.1) is 0 Å². The maximum Gasteiger partial charge on any atom is 0.339 e. The van der Waals surface area contributed by atoms with Crippen molar-refractivity contribution in [1.82, 2.24) is 4.90 Å². The van der Waals surface area contributed by atoms with Gasteiger partial charge in [0, 0.05) is 13.1 Å². The van der Waals surface area contributed by atoms with E-state index in [1.54, 1.807) is 6.07 Å². The van der Waals surface area contributed by atoms with E-state index >= 15 is 0 Å². The third-order valence-electron chi connectivity index (χ3n) is 4.10. The van der Waals surface area contributed by atoms with Crippen LogP contribution in [-0.4, -0.2) is 59.3 Å². The maximum atomic E-state index is 10.7. The van der Waals surface area contributed by atoms with Gasteiger partial charge in [0.1, 0.15) is 11.3 Å². The fourth-order valence-electron chi connectivity index (χ4n) is 2.54. The molecule has 0 aromatic heterocycles. The number of carbonyl (C=O) groups is 2. The zero-order chi connectivity index (χ0) is 18.4. The highest BCUT2D eigenvalue weighted by Gasteiger charge is 2.20. The predicted octanol–water partition coefficient (Wildman–Crippen LogP) is 1.44. The van der Waals surface area contributed by atoms with Crippen molar-refractivity contribution >= 4 is 22.6 Å². The van der Waals surface area contributed by atoms with Gasteiger partial charge in [0.25, 0.3) is 0 Å². The molecule has 1 aliphatic heterocycles. The smallest absolute Gasteiger partial charge is 0.339 e. The van der Waals surface area contributed by atoms with Crippen molar-refractivity contribution in [2.45, 2.75) is 13.0 Å². The van der Waals surface area contributed by atoms with Crippen molar-refractivity contribution in [2.24, 2.45) is 5.73 Å². The summed E-state index contributed by atoms with van der Waals surface area (Å²) in [6, 6.07) is 10.1. The Morgan fingerprint density at radius 2 is 1.72 bits per heavy atom. The van der Waals surface area contributed by atoms with Gasteiger partial charge < -0.3 is 20.7 Å². The number of carboxylic acid groups (broad SMARTS) is 1. The van der Waals surface area contributed by atoms with Crippen LogP contribution in [0.3, 0.4) is 0 Å². The van der Waals surface area contributed by atoms with E-state index in [0.29, 0.717) is 13.2 Å². The number of carboxylic acids is 1. The summed E-state index contributed by atoms with van der Waals surface area (Å²) in [5, 5.41) is 19.8. The van der Waals surface area contributed by atoms with Crippen molar-refractivity contribution in [2.75, 3.05) is 26.3 Å². The Kier molecular flexibility index (Phi) is 6.32. The van der Waals surface area contributed by atoms with Gasteiger partial charge in [0.2, 0.25) is 5.91 Å². The van der Waals surface area contributed by atoms with Crippen LogP contribution in [0.15, 0.2) is 36.4 Å². The van der Waals surface area contributed by atoms with E-state index < -0.39 is 5.97 Å². The van der Waals surface area contributed by atoms with Crippen molar-refractivity contribution in [1.29, 1.82) is 0 Å². The molecule has 0 radical (unpaired) electrons. The first-order valence-electron chi connectivity index (χ1n) is 7.96. The number of primary amides is 1. The summed E-state index contributed by atoms with van der Waals surface area (Å²) in [6.45, 7) is 4.86. The average molecular weight is 346 g/mol. The molecule has 0 spiro atoms. The molecular weight excluding hydrogens is 324 g/mol. The molecule has 1 heterocycles. The largest absolute Gasteiger partial charge is 0.507 e. The minimum absolute atomic E-state index is 0.0660. The number of aromatic carboxylic acids is 1. The van der Waals surface area contributed by atoms with E-state index in [4.69, 9.17) is 15.6 Å². The van der Waals surface area contributed by atoms with Gasteiger partial charge >= 0.3 is 5.97 Å². The van der Waals surface area contributed by atoms with E-state index in [2.05, 4.69) is 0 Å². The molecular formula is C18H22N2O5. The van der Waals surface area contributed by atoms with Gasteiger partial charge in [-0.05, 0) is 29.8 Å². The van der Waals surface area contributed by atoms with E-state index in [0.717, 1.165) is 23.9 Å². The Hall–Kier alpha value is -2.64. The SMILES string of the molecule is CC(C(N)=O)N1CCOCC1.O=C(O)c1cc2ccccc2cc1O. The van der Waals surface area contributed by atoms with Crippen molar-refractivity contribution in [3.05, 3.63) is 42.0 Å². The molecule has 0 saturated carbocycles. The second-order valence-corrected chi connectivity index (χ2v) is 5.75. The van der Waals surface area contributed by atoms with Gasteiger partial charge in [-0.25, -0.2) is 4.79 Å². The number of phenols is 1. The molecule has 4 N–H and O–H groups in total. The Morgan fingerprint density at radius 1 is 1.16 bits per heavy atom. The lowest BCUT2D eigenvalue weighted by Crippen LogP contribution is -2.48. The van der Waals surface area contributed by atoms with Gasteiger partial charge in [-0.2, -0.15) is 0 Å². The number of hydrogen-bond acceptors (Lipinski definition) is 5. The molecule has 0 bridgehead atoms. The monoisotopic (exact) mass is 346 g/mol. The zero-order valence-electron chi connectivity index (χ0n) is 14.0. The van der Waals surface area contributed by atoms with Gasteiger partial charge in [-0.1, -0.05) is 24.3 Å². The third-order valence-corrected chi connectivity index (χ3v) is 4.10. The van der Waals surface area contributed by atoms with E-state index in [9.17, 15) is 14.7 Å². The lowest BCUT2D eigenvalue weighted by molar-refractivity contribution is -0.124. The van der Waals surface area contributed by atoms with Crippen LogP contribution in [-0.2, 0) is 9.53 Å². The van der Waals surface area contributed by atoms with Crippen molar-refractivity contribution in [3.8, 4) is 5.75 Å². The minimum atomic E-state index is -1.12. The minimum Gasteiger partial charge on any atom is -0.507 e.